The van der Waals surface area contributed by atoms with Crippen molar-refractivity contribution in [2.45, 2.75) is 18.7 Å². The Morgan fingerprint density at radius 3 is 2.12 bits per heavy atom. The van der Waals surface area contributed by atoms with Gasteiger partial charge in [-0.05, 0) is 79.1 Å². The maximum absolute atomic E-state index is 13.3. The average Bonchev–Trinajstić information content (AvgIpc) is 2.97. The van der Waals surface area contributed by atoms with E-state index in [1.807, 2.05) is 44.2 Å². The highest BCUT2D eigenvalue weighted by Gasteiger charge is 2.16. The Balaban J connectivity index is 1.44. The van der Waals surface area contributed by atoms with Crippen LogP contribution in [0, 0.1) is 13.8 Å². The fourth-order valence-electron chi connectivity index (χ4n) is 3.90. The molecule has 0 aromatic heterocycles. The zero-order chi connectivity index (χ0) is 29.4. The number of benzene rings is 4. The number of rotatable bonds is 9. The minimum Gasteiger partial charge on any atom is -0.325 e. The van der Waals surface area contributed by atoms with E-state index in [1.165, 1.54) is 17.8 Å². The molecule has 0 saturated heterocycles. The largest absolute Gasteiger partial charge is 0.325 e. The molecular formula is C32H27Cl2N3O3S. The van der Waals surface area contributed by atoms with Gasteiger partial charge in [-0.2, -0.15) is 0 Å². The zero-order valence-corrected chi connectivity index (χ0v) is 24.7. The van der Waals surface area contributed by atoms with E-state index in [2.05, 4.69) is 16.0 Å². The molecule has 0 aliphatic carbocycles. The van der Waals surface area contributed by atoms with E-state index in [1.54, 1.807) is 60.7 Å². The van der Waals surface area contributed by atoms with Crippen molar-refractivity contribution >= 4 is 70.1 Å². The molecule has 0 saturated carbocycles. The topological polar surface area (TPSA) is 87.3 Å². The van der Waals surface area contributed by atoms with Crippen LogP contribution in [0.15, 0.2) is 102 Å². The summed E-state index contributed by atoms with van der Waals surface area (Å²) in [5.74, 6) is -0.860. The number of aryl methyl sites for hydroxylation is 2. The van der Waals surface area contributed by atoms with Crippen LogP contribution in [-0.4, -0.2) is 23.5 Å². The molecule has 41 heavy (non-hydrogen) atoms. The summed E-state index contributed by atoms with van der Waals surface area (Å²) >= 11 is 13.9. The number of thioether (sulfide) groups is 1. The molecule has 4 aromatic carbocycles. The highest BCUT2D eigenvalue weighted by Crippen LogP contribution is 2.28. The normalized spacial score (nSPS) is 11.1. The molecule has 3 amide bonds. The van der Waals surface area contributed by atoms with Crippen molar-refractivity contribution in [2.24, 2.45) is 0 Å². The van der Waals surface area contributed by atoms with Crippen molar-refractivity contribution in [1.82, 2.24) is 5.32 Å². The summed E-state index contributed by atoms with van der Waals surface area (Å²) in [6.07, 6.45) is 1.48. The van der Waals surface area contributed by atoms with Crippen molar-refractivity contribution in [1.29, 1.82) is 0 Å². The van der Waals surface area contributed by atoms with E-state index in [9.17, 15) is 14.4 Å². The molecule has 3 N–H and O–H groups in total. The van der Waals surface area contributed by atoms with Crippen LogP contribution in [0.5, 0.6) is 0 Å². The minimum atomic E-state index is -0.543. The number of nitrogens with one attached hydrogen (secondary N) is 3. The second-order valence-electron chi connectivity index (χ2n) is 9.10. The van der Waals surface area contributed by atoms with Gasteiger partial charge in [0, 0.05) is 21.8 Å². The first-order chi connectivity index (χ1) is 19.7. The van der Waals surface area contributed by atoms with E-state index in [0.29, 0.717) is 21.8 Å². The molecule has 0 spiro atoms. The standard InChI is InChI=1S/C32H27Cl2N3O3S/c1-20-8-6-9-21(2)30(20)37-28(38)19-41-25-16-14-24(15-17-25)35-32(40)27(18-23-12-7-13-26(33)29(23)34)36-31(39)22-10-4-3-5-11-22/h3-18H,19H2,1-2H3,(H,35,40)(H,36,39)(H,37,38)/b27-18-. The van der Waals surface area contributed by atoms with Crippen molar-refractivity contribution in [3.63, 3.8) is 0 Å². The first-order valence-electron chi connectivity index (χ1n) is 12.6. The summed E-state index contributed by atoms with van der Waals surface area (Å²) in [6, 6.07) is 26.6. The van der Waals surface area contributed by atoms with Crippen molar-refractivity contribution in [2.75, 3.05) is 16.4 Å². The van der Waals surface area contributed by atoms with Crippen molar-refractivity contribution in [3.05, 3.63) is 129 Å². The quantitative estimate of drug-likeness (QED) is 0.135. The fourth-order valence-corrected chi connectivity index (χ4v) is 4.96. The van der Waals surface area contributed by atoms with E-state index in [4.69, 9.17) is 23.2 Å². The molecule has 6 nitrogen and oxygen atoms in total. The number of anilines is 2. The molecule has 0 radical (unpaired) electrons. The molecule has 0 aliphatic rings. The SMILES string of the molecule is Cc1cccc(C)c1NC(=O)CSc1ccc(NC(=O)/C(=C/c2cccc(Cl)c2Cl)NC(=O)c2ccccc2)cc1. The number of carbonyl (C=O) groups is 3. The molecule has 0 aliphatic heterocycles. The first kappa shape index (κ1) is 29.9. The molecule has 9 heteroatoms. The highest BCUT2D eigenvalue weighted by atomic mass is 35.5. The maximum atomic E-state index is 13.3. The Kier molecular flexibility index (Phi) is 10.2. The Bertz CT molecular complexity index is 1590. The van der Waals surface area contributed by atoms with Gasteiger partial charge in [-0.1, -0.05) is 71.7 Å². The molecular weight excluding hydrogens is 577 g/mol. The van der Waals surface area contributed by atoms with Gasteiger partial charge in [0.1, 0.15) is 5.70 Å². The Hall–Kier alpha value is -4.04. The predicted octanol–water partition coefficient (Wildman–Crippen LogP) is 7.75. The van der Waals surface area contributed by atoms with E-state index < -0.39 is 11.8 Å². The predicted molar refractivity (Wildman–Crippen MR) is 169 cm³/mol. The number of hydrogen-bond donors (Lipinski definition) is 3. The first-order valence-corrected chi connectivity index (χ1v) is 14.4. The van der Waals surface area contributed by atoms with Crippen LogP contribution >= 0.6 is 35.0 Å². The number of para-hydroxylation sites is 1. The van der Waals surface area contributed by atoms with Gasteiger partial charge < -0.3 is 16.0 Å². The molecule has 0 heterocycles. The van der Waals surface area contributed by atoms with Crippen molar-refractivity contribution < 1.29 is 14.4 Å². The van der Waals surface area contributed by atoms with Gasteiger partial charge in [0.25, 0.3) is 11.8 Å². The van der Waals surface area contributed by atoms with Crippen LogP contribution < -0.4 is 16.0 Å². The van der Waals surface area contributed by atoms with Crippen LogP contribution in [0.25, 0.3) is 6.08 Å². The third-order valence-corrected chi connectivity index (χ3v) is 7.88. The lowest BCUT2D eigenvalue weighted by Gasteiger charge is -2.13. The summed E-state index contributed by atoms with van der Waals surface area (Å²) in [6.45, 7) is 3.92. The molecule has 0 atom stereocenters. The van der Waals surface area contributed by atoms with E-state index >= 15 is 0 Å². The third kappa shape index (κ3) is 8.24. The lowest BCUT2D eigenvalue weighted by molar-refractivity contribution is -0.114. The molecule has 208 valence electrons. The molecule has 0 unspecified atom stereocenters. The Morgan fingerprint density at radius 2 is 1.44 bits per heavy atom. The third-order valence-electron chi connectivity index (χ3n) is 6.04. The van der Waals surface area contributed by atoms with Gasteiger partial charge in [0.05, 0.1) is 15.8 Å². The van der Waals surface area contributed by atoms with Gasteiger partial charge in [0.15, 0.2) is 0 Å². The summed E-state index contributed by atoms with van der Waals surface area (Å²) < 4.78 is 0. The minimum absolute atomic E-state index is 0.00959. The van der Waals surface area contributed by atoms with Crippen molar-refractivity contribution in [3.8, 4) is 0 Å². The lowest BCUT2D eigenvalue weighted by atomic mass is 10.1. The second-order valence-corrected chi connectivity index (χ2v) is 10.9. The summed E-state index contributed by atoms with van der Waals surface area (Å²) in [4.78, 5) is 39.5. The zero-order valence-electron chi connectivity index (χ0n) is 22.3. The second kappa shape index (κ2) is 14.0. The lowest BCUT2D eigenvalue weighted by Crippen LogP contribution is -2.30. The molecule has 0 bridgehead atoms. The summed E-state index contributed by atoms with van der Waals surface area (Å²) in [5.41, 5.74) is 4.22. The fraction of sp³-hybridized carbons (Fsp3) is 0.0938. The number of carbonyl (C=O) groups excluding carboxylic acids is 3. The molecule has 4 aromatic rings. The summed E-state index contributed by atoms with van der Waals surface area (Å²) in [7, 11) is 0. The average molecular weight is 605 g/mol. The van der Waals surface area contributed by atoms with E-state index in [0.717, 1.165) is 21.7 Å². The summed E-state index contributed by atoms with van der Waals surface area (Å²) in [5, 5.41) is 9.05. The number of halogens is 2. The van der Waals surface area contributed by atoms with Gasteiger partial charge in [0.2, 0.25) is 5.91 Å². The number of hydrogen-bond acceptors (Lipinski definition) is 4. The van der Waals surface area contributed by atoms with Crippen LogP contribution in [0.4, 0.5) is 11.4 Å². The van der Waals surface area contributed by atoms with Crippen LogP contribution in [0.3, 0.4) is 0 Å². The van der Waals surface area contributed by atoms with Gasteiger partial charge in [-0.3, -0.25) is 14.4 Å². The Morgan fingerprint density at radius 1 is 0.780 bits per heavy atom. The van der Waals surface area contributed by atoms with Gasteiger partial charge >= 0.3 is 0 Å². The van der Waals surface area contributed by atoms with Crippen LogP contribution in [0.2, 0.25) is 10.0 Å². The highest BCUT2D eigenvalue weighted by molar-refractivity contribution is 8.00. The maximum Gasteiger partial charge on any atom is 0.272 e. The Labute approximate surface area is 253 Å². The van der Waals surface area contributed by atoms with Crippen LogP contribution in [0.1, 0.15) is 27.0 Å². The molecule has 4 rings (SSSR count). The number of amides is 3. The van der Waals surface area contributed by atoms with Gasteiger partial charge in [-0.15, -0.1) is 11.8 Å². The van der Waals surface area contributed by atoms with Crippen LogP contribution in [-0.2, 0) is 9.59 Å². The monoisotopic (exact) mass is 603 g/mol. The molecule has 0 fully saturated rings. The van der Waals surface area contributed by atoms with Gasteiger partial charge in [-0.25, -0.2) is 0 Å². The van der Waals surface area contributed by atoms with E-state index in [-0.39, 0.29) is 22.4 Å². The smallest absolute Gasteiger partial charge is 0.272 e.